The first-order chi connectivity index (χ1) is 9.39. The van der Waals surface area contributed by atoms with E-state index in [-0.39, 0.29) is 5.54 Å². The molecule has 1 fully saturated rings. The van der Waals surface area contributed by atoms with Crippen molar-refractivity contribution in [3.05, 3.63) is 0 Å². The summed E-state index contributed by atoms with van der Waals surface area (Å²) in [7, 11) is 2.22. The van der Waals surface area contributed by atoms with Gasteiger partial charge in [0.25, 0.3) is 0 Å². The van der Waals surface area contributed by atoms with Crippen LogP contribution in [0, 0.1) is 17.8 Å². The molecular formula is C17H36N2O. The standard InChI is InChI=1S/C17H36N2O/c1-14(2)10-17(13-18,11-15(3)4)19(5)8-9-20-12-16-6-7-16/h14-16H,6-13,18H2,1-5H3. The molecule has 2 N–H and O–H groups in total. The van der Waals surface area contributed by atoms with Crippen LogP contribution < -0.4 is 5.73 Å². The Morgan fingerprint density at radius 2 is 1.70 bits per heavy atom. The minimum atomic E-state index is 0.130. The SMILES string of the molecule is CC(C)CC(CN)(CC(C)C)N(C)CCOCC1CC1. The molecule has 1 aliphatic rings. The van der Waals surface area contributed by atoms with Gasteiger partial charge in [0.15, 0.2) is 0 Å². The summed E-state index contributed by atoms with van der Waals surface area (Å²) in [6.45, 7) is 12.7. The summed E-state index contributed by atoms with van der Waals surface area (Å²) in [6.07, 6.45) is 5.06. The highest BCUT2D eigenvalue weighted by Gasteiger charge is 2.34. The molecular weight excluding hydrogens is 248 g/mol. The summed E-state index contributed by atoms with van der Waals surface area (Å²) in [6, 6.07) is 0. The maximum atomic E-state index is 6.19. The van der Waals surface area contributed by atoms with Crippen LogP contribution in [-0.2, 0) is 4.74 Å². The molecule has 0 radical (unpaired) electrons. The van der Waals surface area contributed by atoms with E-state index < -0.39 is 0 Å². The third kappa shape index (κ3) is 6.11. The monoisotopic (exact) mass is 284 g/mol. The second-order valence-electron chi connectivity index (χ2n) is 7.56. The normalized spacial score (nSPS) is 16.6. The van der Waals surface area contributed by atoms with Crippen molar-refractivity contribution in [2.45, 2.75) is 58.9 Å². The van der Waals surface area contributed by atoms with E-state index in [1.807, 2.05) is 0 Å². The van der Waals surface area contributed by atoms with Crippen molar-refractivity contribution in [3.63, 3.8) is 0 Å². The van der Waals surface area contributed by atoms with Crippen LogP contribution in [0.2, 0.25) is 0 Å². The first-order valence-corrected chi connectivity index (χ1v) is 8.38. The molecule has 20 heavy (non-hydrogen) atoms. The summed E-state index contributed by atoms with van der Waals surface area (Å²) in [5.41, 5.74) is 6.32. The predicted molar refractivity (Wildman–Crippen MR) is 86.9 cm³/mol. The molecule has 0 aromatic heterocycles. The van der Waals surface area contributed by atoms with E-state index in [9.17, 15) is 0 Å². The molecule has 0 unspecified atom stereocenters. The minimum Gasteiger partial charge on any atom is -0.380 e. The fraction of sp³-hybridized carbons (Fsp3) is 1.00. The van der Waals surface area contributed by atoms with Crippen LogP contribution in [0.15, 0.2) is 0 Å². The molecule has 0 bridgehead atoms. The van der Waals surface area contributed by atoms with Crippen molar-refractivity contribution in [2.75, 3.05) is 33.4 Å². The summed E-state index contributed by atoms with van der Waals surface area (Å²) < 4.78 is 5.80. The minimum absolute atomic E-state index is 0.130. The molecule has 0 aromatic carbocycles. The lowest BCUT2D eigenvalue weighted by molar-refractivity contribution is 0.0370. The van der Waals surface area contributed by atoms with Crippen LogP contribution in [0.5, 0.6) is 0 Å². The summed E-state index contributed by atoms with van der Waals surface area (Å²) in [4.78, 5) is 2.46. The first-order valence-electron chi connectivity index (χ1n) is 8.38. The molecule has 0 aromatic rings. The molecule has 0 heterocycles. The molecule has 1 aliphatic carbocycles. The summed E-state index contributed by atoms with van der Waals surface area (Å²) >= 11 is 0. The summed E-state index contributed by atoms with van der Waals surface area (Å²) in [5, 5.41) is 0. The maximum absolute atomic E-state index is 6.19. The average molecular weight is 284 g/mol. The van der Waals surface area contributed by atoms with Crippen LogP contribution in [0.25, 0.3) is 0 Å². The summed E-state index contributed by atoms with van der Waals surface area (Å²) in [5.74, 6) is 2.20. The zero-order valence-corrected chi connectivity index (χ0v) is 14.3. The van der Waals surface area contributed by atoms with Crippen LogP contribution in [0.1, 0.15) is 53.4 Å². The number of rotatable bonds is 11. The van der Waals surface area contributed by atoms with E-state index in [1.54, 1.807) is 0 Å². The van der Waals surface area contributed by atoms with Crippen molar-refractivity contribution < 1.29 is 4.74 Å². The van der Waals surface area contributed by atoms with Crippen LogP contribution in [0.4, 0.5) is 0 Å². The lowest BCUT2D eigenvalue weighted by Gasteiger charge is -2.44. The van der Waals surface area contributed by atoms with Crippen molar-refractivity contribution >= 4 is 0 Å². The van der Waals surface area contributed by atoms with Gasteiger partial charge in [-0.1, -0.05) is 27.7 Å². The van der Waals surface area contributed by atoms with Crippen molar-refractivity contribution in [2.24, 2.45) is 23.5 Å². The van der Waals surface area contributed by atoms with Gasteiger partial charge in [-0.3, -0.25) is 4.90 Å². The predicted octanol–water partition coefficient (Wildman–Crippen LogP) is 3.13. The Labute approximate surface area is 126 Å². The Morgan fingerprint density at radius 3 is 2.10 bits per heavy atom. The highest BCUT2D eigenvalue weighted by atomic mass is 16.5. The first kappa shape index (κ1) is 17.9. The Balaban J connectivity index is 2.48. The molecule has 120 valence electrons. The van der Waals surface area contributed by atoms with Gasteiger partial charge >= 0.3 is 0 Å². The maximum Gasteiger partial charge on any atom is 0.0593 e. The largest absolute Gasteiger partial charge is 0.380 e. The quantitative estimate of drug-likeness (QED) is 0.592. The Bertz CT molecular complexity index is 252. The number of nitrogens with two attached hydrogens (primary N) is 1. The second kappa shape index (κ2) is 8.35. The fourth-order valence-electron chi connectivity index (χ4n) is 3.21. The number of hydrogen-bond donors (Lipinski definition) is 1. The third-order valence-corrected chi connectivity index (χ3v) is 4.39. The van der Waals surface area contributed by atoms with E-state index in [4.69, 9.17) is 10.5 Å². The van der Waals surface area contributed by atoms with Crippen LogP contribution >= 0.6 is 0 Å². The highest BCUT2D eigenvalue weighted by Crippen LogP contribution is 2.30. The van der Waals surface area contributed by atoms with Gasteiger partial charge in [0.05, 0.1) is 6.61 Å². The van der Waals surface area contributed by atoms with Gasteiger partial charge in [-0.05, 0) is 50.5 Å². The van der Waals surface area contributed by atoms with Gasteiger partial charge in [0.2, 0.25) is 0 Å². The number of likely N-dealkylation sites (N-methyl/N-ethyl adjacent to an activating group) is 1. The highest BCUT2D eigenvalue weighted by molar-refractivity contribution is 4.92. The third-order valence-electron chi connectivity index (χ3n) is 4.39. The van der Waals surface area contributed by atoms with E-state index in [0.717, 1.165) is 32.2 Å². The number of hydrogen-bond acceptors (Lipinski definition) is 3. The van der Waals surface area contributed by atoms with Gasteiger partial charge in [-0.25, -0.2) is 0 Å². The van der Waals surface area contributed by atoms with Gasteiger partial charge in [-0.2, -0.15) is 0 Å². The molecule has 1 saturated carbocycles. The lowest BCUT2D eigenvalue weighted by atomic mass is 9.80. The molecule has 3 heteroatoms. The molecule has 0 spiro atoms. The molecule has 0 saturated heterocycles. The molecule has 1 rings (SSSR count). The van der Waals surface area contributed by atoms with E-state index >= 15 is 0 Å². The molecule has 0 atom stereocenters. The second-order valence-corrected chi connectivity index (χ2v) is 7.56. The van der Waals surface area contributed by atoms with Gasteiger partial charge in [0.1, 0.15) is 0 Å². The Kier molecular flexibility index (Phi) is 7.49. The van der Waals surface area contributed by atoms with E-state index in [1.165, 1.54) is 25.7 Å². The number of ether oxygens (including phenoxy) is 1. The zero-order valence-electron chi connectivity index (χ0n) is 14.3. The Hall–Kier alpha value is -0.120. The van der Waals surface area contributed by atoms with Crippen LogP contribution in [-0.4, -0.2) is 43.8 Å². The van der Waals surface area contributed by atoms with Gasteiger partial charge in [0, 0.05) is 25.2 Å². The van der Waals surface area contributed by atoms with Crippen molar-refractivity contribution in [1.82, 2.24) is 4.90 Å². The van der Waals surface area contributed by atoms with Crippen molar-refractivity contribution in [3.8, 4) is 0 Å². The number of nitrogens with zero attached hydrogens (tertiary/aromatic N) is 1. The smallest absolute Gasteiger partial charge is 0.0593 e. The Morgan fingerprint density at radius 1 is 1.15 bits per heavy atom. The zero-order chi connectivity index (χ0) is 15.2. The fourth-order valence-corrected chi connectivity index (χ4v) is 3.21. The molecule has 0 amide bonds. The lowest BCUT2D eigenvalue weighted by Crippen LogP contribution is -2.54. The van der Waals surface area contributed by atoms with Gasteiger partial charge in [-0.15, -0.1) is 0 Å². The van der Waals surface area contributed by atoms with Crippen molar-refractivity contribution in [1.29, 1.82) is 0 Å². The van der Waals surface area contributed by atoms with E-state index in [2.05, 4.69) is 39.6 Å². The average Bonchev–Trinajstić information content (AvgIpc) is 3.16. The van der Waals surface area contributed by atoms with E-state index in [0.29, 0.717) is 11.8 Å². The van der Waals surface area contributed by atoms with Gasteiger partial charge < -0.3 is 10.5 Å². The van der Waals surface area contributed by atoms with Crippen LogP contribution in [0.3, 0.4) is 0 Å². The molecule has 0 aliphatic heterocycles. The topological polar surface area (TPSA) is 38.5 Å². The molecule has 3 nitrogen and oxygen atoms in total.